The summed E-state index contributed by atoms with van der Waals surface area (Å²) in [7, 11) is 1.64. The number of benzene rings is 1. The van der Waals surface area contributed by atoms with Crippen molar-refractivity contribution in [3.8, 4) is 0 Å². The first-order chi connectivity index (χ1) is 8.08. The van der Waals surface area contributed by atoms with Gasteiger partial charge in [-0.1, -0.05) is 0 Å². The minimum absolute atomic E-state index is 0.282. The van der Waals surface area contributed by atoms with Crippen LogP contribution >= 0.6 is 0 Å². The highest BCUT2D eigenvalue weighted by atomic mass is 19.1. The van der Waals surface area contributed by atoms with Crippen molar-refractivity contribution in [2.24, 2.45) is 7.05 Å². The van der Waals surface area contributed by atoms with Crippen molar-refractivity contribution in [3.63, 3.8) is 0 Å². The molecule has 0 fully saturated rings. The number of hydrogen-bond acceptors (Lipinski definition) is 3. The maximum atomic E-state index is 12.7. The normalized spacial score (nSPS) is 10.2. The van der Waals surface area contributed by atoms with Crippen LogP contribution in [0.15, 0.2) is 30.5 Å². The lowest BCUT2D eigenvalue weighted by atomic mass is 10.2. The summed E-state index contributed by atoms with van der Waals surface area (Å²) in [4.78, 5) is 11.8. The number of nitrogens with zero attached hydrogens (tertiary/aromatic N) is 2. The van der Waals surface area contributed by atoms with Crippen LogP contribution in [-0.4, -0.2) is 15.7 Å². The molecule has 0 atom stereocenters. The summed E-state index contributed by atoms with van der Waals surface area (Å²) in [6.45, 7) is 0. The standard InChI is InChI=1S/C11H11FN4O/c1-16-10(13)9(6-14-16)11(17)15-8-4-2-7(12)3-5-8/h2-6H,13H2,1H3,(H,15,17). The van der Waals surface area contributed by atoms with Crippen LogP contribution in [0.2, 0.25) is 0 Å². The number of carbonyl (C=O) groups excluding carboxylic acids is 1. The second kappa shape index (κ2) is 4.25. The average Bonchev–Trinajstić information content (AvgIpc) is 2.63. The van der Waals surface area contributed by atoms with Crippen LogP contribution in [0.25, 0.3) is 0 Å². The molecule has 17 heavy (non-hydrogen) atoms. The fourth-order valence-corrected chi connectivity index (χ4v) is 1.35. The molecule has 1 heterocycles. The van der Waals surface area contributed by atoms with E-state index in [1.54, 1.807) is 7.05 Å². The van der Waals surface area contributed by atoms with Crippen LogP contribution in [0.4, 0.5) is 15.9 Å². The minimum Gasteiger partial charge on any atom is -0.383 e. The minimum atomic E-state index is -0.373. The van der Waals surface area contributed by atoms with E-state index >= 15 is 0 Å². The Hall–Kier alpha value is -2.37. The molecule has 0 bridgehead atoms. The Morgan fingerprint density at radius 1 is 1.41 bits per heavy atom. The van der Waals surface area contributed by atoms with Crippen LogP contribution < -0.4 is 11.1 Å². The molecule has 1 amide bonds. The van der Waals surface area contributed by atoms with Gasteiger partial charge in [-0.3, -0.25) is 9.48 Å². The lowest BCUT2D eigenvalue weighted by Gasteiger charge is -2.04. The van der Waals surface area contributed by atoms with Crippen molar-refractivity contribution in [1.82, 2.24) is 9.78 Å². The fraction of sp³-hybridized carbons (Fsp3) is 0.0909. The van der Waals surface area contributed by atoms with Gasteiger partial charge in [-0.15, -0.1) is 0 Å². The molecular formula is C11H11FN4O. The molecule has 0 spiro atoms. The zero-order valence-corrected chi connectivity index (χ0v) is 9.14. The van der Waals surface area contributed by atoms with Gasteiger partial charge in [0.15, 0.2) is 0 Å². The maximum Gasteiger partial charge on any atom is 0.261 e. The maximum absolute atomic E-state index is 12.7. The van der Waals surface area contributed by atoms with Crippen molar-refractivity contribution in [1.29, 1.82) is 0 Å². The topological polar surface area (TPSA) is 72.9 Å². The number of amides is 1. The van der Waals surface area contributed by atoms with Crippen LogP contribution in [0.3, 0.4) is 0 Å². The van der Waals surface area contributed by atoms with E-state index < -0.39 is 0 Å². The molecule has 5 nitrogen and oxygen atoms in total. The Bertz CT molecular complexity index is 547. The first kappa shape index (κ1) is 11.1. The SMILES string of the molecule is Cn1ncc(C(=O)Nc2ccc(F)cc2)c1N. The summed E-state index contributed by atoms with van der Waals surface area (Å²) in [5.74, 6) is -0.448. The van der Waals surface area contributed by atoms with Gasteiger partial charge in [0, 0.05) is 12.7 Å². The molecule has 0 unspecified atom stereocenters. The molecule has 0 aliphatic carbocycles. The number of aromatic nitrogens is 2. The van der Waals surface area contributed by atoms with Crippen molar-refractivity contribution in [2.75, 3.05) is 11.1 Å². The molecular weight excluding hydrogens is 223 g/mol. The highest BCUT2D eigenvalue weighted by molar-refractivity contribution is 6.07. The zero-order valence-electron chi connectivity index (χ0n) is 9.14. The van der Waals surface area contributed by atoms with E-state index in [2.05, 4.69) is 10.4 Å². The number of aryl methyl sites for hydroxylation is 1. The van der Waals surface area contributed by atoms with E-state index in [9.17, 15) is 9.18 Å². The van der Waals surface area contributed by atoms with Gasteiger partial charge in [0.25, 0.3) is 5.91 Å². The van der Waals surface area contributed by atoms with Crippen LogP contribution in [0.5, 0.6) is 0 Å². The highest BCUT2D eigenvalue weighted by Gasteiger charge is 2.13. The number of anilines is 2. The van der Waals surface area contributed by atoms with Gasteiger partial charge >= 0.3 is 0 Å². The third-order valence-corrected chi connectivity index (χ3v) is 2.33. The summed E-state index contributed by atoms with van der Waals surface area (Å²) in [5, 5.41) is 6.46. The van der Waals surface area contributed by atoms with Crippen molar-refractivity contribution < 1.29 is 9.18 Å². The summed E-state index contributed by atoms with van der Waals surface area (Å²) >= 11 is 0. The third kappa shape index (κ3) is 2.25. The summed E-state index contributed by atoms with van der Waals surface area (Å²) < 4.78 is 14.1. The second-order valence-electron chi connectivity index (χ2n) is 3.53. The molecule has 1 aromatic carbocycles. The van der Waals surface area contributed by atoms with Crippen molar-refractivity contribution in [3.05, 3.63) is 41.8 Å². The van der Waals surface area contributed by atoms with Crippen LogP contribution in [-0.2, 0) is 7.05 Å². The lowest BCUT2D eigenvalue weighted by Crippen LogP contribution is -2.13. The van der Waals surface area contributed by atoms with E-state index in [1.165, 1.54) is 35.1 Å². The monoisotopic (exact) mass is 234 g/mol. The molecule has 1 aromatic heterocycles. The van der Waals surface area contributed by atoms with E-state index in [4.69, 9.17) is 5.73 Å². The Labute approximate surface area is 97.0 Å². The molecule has 0 saturated carbocycles. The Kier molecular flexibility index (Phi) is 2.78. The number of hydrogen-bond donors (Lipinski definition) is 2. The molecule has 0 aliphatic rings. The van der Waals surface area contributed by atoms with Gasteiger partial charge in [0.1, 0.15) is 17.2 Å². The Morgan fingerprint density at radius 3 is 2.59 bits per heavy atom. The first-order valence-corrected chi connectivity index (χ1v) is 4.92. The van der Waals surface area contributed by atoms with Crippen LogP contribution in [0.1, 0.15) is 10.4 Å². The zero-order chi connectivity index (χ0) is 12.4. The number of nitrogen functional groups attached to an aromatic ring is 1. The third-order valence-electron chi connectivity index (χ3n) is 2.33. The second-order valence-corrected chi connectivity index (χ2v) is 3.53. The number of rotatable bonds is 2. The fourth-order valence-electron chi connectivity index (χ4n) is 1.35. The Morgan fingerprint density at radius 2 is 2.06 bits per heavy atom. The van der Waals surface area contributed by atoms with E-state index in [1.807, 2.05) is 0 Å². The number of nitrogens with two attached hydrogens (primary N) is 1. The van der Waals surface area contributed by atoms with Crippen molar-refractivity contribution >= 4 is 17.4 Å². The molecule has 88 valence electrons. The lowest BCUT2D eigenvalue weighted by molar-refractivity contribution is 0.102. The summed E-state index contributed by atoms with van der Waals surface area (Å²) in [6.07, 6.45) is 1.38. The van der Waals surface area contributed by atoms with Gasteiger partial charge in [0.05, 0.1) is 6.20 Å². The predicted octanol–water partition coefficient (Wildman–Crippen LogP) is 1.39. The summed E-state index contributed by atoms with van der Waals surface area (Å²) in [5.41, 5.74) is 6.45. The molecule has 0 aliphatic heterocycles. The molecule has 2 rings (SSSR count). The molecule has 0 radical (unpaired) electrons. The van der Waals surface area contributed by atoms with Gasteiger partial charge in [0.2, 0.25) is 0 Å². The summed E-state index contributed by atoms with van der Waals surface area (Å²) in [6, 6.07) is 5.48. The van der Waals surface area contributed by atoms with Crippen molar-refractivity contribution in [2.45, 2.75) is 0 Å². The number of carbonyl (C=O) groups is 1. The molecule has 6 heteroatoms. The highest BCUT2D eigenvalue weighted by Crippen LogP contribution is 2.13. The molecule has 0 saturated heterocycles. The smallest absolute Gasteiger partial charge is 0.261 e. The van der Waals surface area contributed by atoms with E-state index in [0.29, 0.717) is 5.69 Å². The van der Waals surface area contributed by atoms with Gasteiger partial charge in [-0.25, -0.2) is 4.39 Å². The number of nitrogens with one attached hydrogen (secondary N) is 1. The van der Waals surface area contributed by atoms with Crippen LogP contribution in [0, 0.1) is 5.82 Å². The van der Waals surface area contributed by atoms with Gasteiger partial charge < -0.3 is 11.1 Å². The predicted molar refractivity (Wildman–Crippen MR) is 62.0 cm³/mol. The average molecular weight is 234 g/mol. The quantitative estimate of drug-likeness (QED) is 0.824. The Balaban J connectivity index is 2.17. The van der Waals surface area contributed by atoms with Gasteiger partial charge in [-0.2, -0.15) is 5.10 Å². The molecule has 3 N–H and O–H groups in total. The van der Waals surface area contributed by atoms with Gasteiger partial charge in [-0.05, 0) is 24.3 Å². The molecule has 2 aromatic rings. The largest absolute Gasteiger partial charge is 0.383 e. The van der Waals surface area contributed by atoms with E-state index in [-0.39, 0.29) is 23.1 Å². The van der Waals surface area contributed by atoms with E-state index in [0.717, 1.165) is 0 Å². The number of halogens is 1. The first-order valence-electron chi connectivity index (χ1n) is 4.92.